The first-order chi connectivity index (χ1) is 15.2. The molecule has 0 amide bonds. The van der Waals surface area contributed by atoms with Crippen LogP contribution in [0.5, 0.6) is 5.75 Å². The number of azo groups is 2. The molecule has 0 heterocycles. The first-order valence-corrected chi connectivity index (χ1v) is 10.3. The standard InChI is InChI=1S/C26H24N4O/c1-4-31-25-16-13-20-10-6-7-11-22(20)26(25)30-29-24-15-14-21(17-19(24)3)27-28-23-12-8-5-9-18(23)2/h5-17H,4H2,1-3H3. The van der Waals surface area contributed by atoms with Crippen LogP contribution in [0.2, 0.25) is 0 Å². The van der Waals surface area contributed by atoms with E-state index in [2.05, 4.69) is 26.5 Å². The van der Waals surface area contributed by atoms with E-state index in [-0.39, 0.29) is 0 Å². The van der Waals surface area contributed by atoms with Gasteiger partial charge in [0, 0.05) is 5.39 Å². The van der Waals surface area contributed by atoms with Gasteiger partial charge in [-0.3, -0.25) is 0 Å². The number of hydrogen-bond acceptors (Lipinski definition) is 5. The van der Waals surface area contributed by atoms with Crippen molar-refractivity contribution in [1.82, 2.24) is 0 Å². The van der Waals surface area contributed by atoms with Crippen LogP contribution in [0.1, 0.15) is 18.1 Å². The molecule has 0 aliphatic rings. The summed E-state index contributed by atoms with van der Waals surface area (Å²) in [6, 6.07) is 25.8. The summed E-state index contributed by atoms with van der Waals surface area (Å²) in [5.74, 6) is 0.728. The van der Waals surface area contributed by atoms with E-state index in [9.17, 15) is 0 Å². The van der Waals surface area contributed by atoms with E-state index >= 15 is 0 Å². The number of nitrogens with zero attached hydrogens (tertiary/aromatic N) is 4. The molecule has 0 aliphatic carbocycles. The average Bonchev–Trinajstić information content (AvgIpc) is 2.79. The van der Waals surface area contributed by atoms with Gasteiger partial charge in [-0.05, 0) is 67.6 Å². The highest BCUT2D eigenvalue weighted by molar-refractivity contribution is 5.95. The van der Waals surface area contributed by atoms with Crippen LogP contribution in [-0.2, 0) is 0 Å². The van der Waals surface area contributed by atoms with Gasteiger partial charge >= 0.3 is 0 Å². The lowest BCUT2D eigenvalue weighted by Gasteiger charge is -2.09. The van der Waals surface area contributed by atoms with Crippen molar-refractivity contribution in [2.75, 3.05) is 6.61 Å². The fraction of sp³-hybridized carbons (Fsp3) is 0.154. The Morgan fingerprint density at radius 3 is 2.23 bits per heavy atom. The second kappa shape index (κ2) is 9.30. The highest BCUT2D eigenvalue weighted by Gasteiger charge is 2.08. The predicted octanol–water partition coefficient (Wildman–Crippen LogP) is 8.69. The van der Waals surface area contributed by atoms with Gasteiger partial charge in [0.25, 0.3) is 0 Å². The van der Waals surface area contributed by atoms with Gasteiger partial charge in [0.05, 0.1) is 23.7 Å². The fourth-order valence-electron chi connectivity index (χ4n) is 3.32. The zero-order valence-corrected chi connectivity index (χ0v) is 17.9. The van der Waals surface area contributed by atoms with Gasteiger partial charge in [-0.1, -0.05) is 48.5 Å². The van der Waals surface area contributed by atoms with Gasteiger partial charge in [0.1, 0.15) is 11.4 Å². The Hall–Kier alpha value is -3.86. The van der Waals surface area contributed by atoms with Crippen molar-refractivity contribution in [3.63, 3.8) is 0 Å². The van der Waals surface area contributed by atoms with Gasteiger partial charge in [-0.15, -0.1) is 5.11 Å². The Balaban J connectivity index is 1.63. The Morgan fingerprint density at radius 2 is 1.42 bits per heavy atom. The second-order valence-electron chi connectivity index (χ2n) is 7.22. The lowest BCUT2D eigenvalue weighted by molar-refractivity contribution is 0.341. The van der Waals surface area contributed by atoms with Crippen LogP contribution >= 0.6 is 0 Å². The van der Waals surface area contributed by atoms with Crippen LogP contribution in [0, 0.1) is 13.8 Å². The van der Waals surface area contributed by atoms with Gasteiger partial charge in [0.2, 0.25) is 0 Å². The molecule has 4 aromatic carbocycles. The van der Waals surface area contributed by atoms with E-state index in [1.165, 1.54) is 0 Å². The van der Waals surface area contributed by atoms with E-state index in [1.54, 1.807) is 0 Å². The van der Waals surface area contributed by atoms with Gasteiger partial charge < -0.3 is 4.74 Å². The molecule has 0 fully saturated rings. The number of ether oxygens (including phenoxy) is 1. The lowest BCUT2D eigenvalue weighted by Crippen LogP contribution is -1.91. The summed E-state index contributed by atoms with van der Waals surface area (Å²) in [5.41, 5.74) is 5.23. The predicted molar refractivity (Wildman–Crippen MR) is 126 cm³/mol. The highest BCUT2D eigenvalue weighted by Crippen LogP contribution is 2.37. The Morgan fingerprint density at radius 1 is 0.677 bits per heavy atom. The van der Waals surface area contributed by atoms with Gasteiger partial charge in [-0.25, -0.2) is 0 Å². The Bertz CT molecular complexity index is 1280. The molecule has 0 N–H and O–H groups in total. The largest absolute Gasteiger partial charge is 0.492 e. The zero-order chi connectivity index (χ0) is 21.6. The molecule has 0 atom stereocenters. The van der Waals surface area contributed by atoms with Crippen LogP contribution in [0.3, 0.4) is 0 Å². The first kappa shape index (κ1) is 20.4. The van der Waals surface area contributed by atoms with E-state index in [0.29, 0.717) is 6.61 Å². The minimum absolute atomic E-state index is 0.570. The molecular weight excluding hydrogens is 384 g/mol. The van der Waals surface area contributed by atoms with E-state index in [0.717, 1.165) is 50.4 Å². The van der Waals surface area contributed by atoms with Crippen molar-refractivity contribution in [2.45, 2.75) is 20.8 Å². The molecule has 0 unspecified atom stereocenters. The van der Waals surface area contributed by atoms with Crippen LogP contribution in [0.4, 0.5) is 22.7 Å². The SMILES string of the molecule is CCOc1ccc2ccccc2c1N=Nc1ccc(N=Nc2ccccc2C)cc1C. The molecular formula is C26H24N4O. The van der Waals surface area contributed by atoms with Crippen LogP contribution < -0.4 is 4.74 Å². The third-order valence-corrected chi connectivity index (χ3v) is 4.99. The number of benzene rings is 4. The lowest BCUT2D eigenvalue weighted by atomic mass is 10.1. The smallest absolute Gasteiger partial charge is 0.147 e. The topological polar surface area (TPSA) is 58.7 Å². The number of aryl methyl sites for hydroxylation is 2. The number of hydrogen-bond donors (Lipinski definition) is 0. The molecule has 4 rings (SSSR count). The molecule has 0 saturated heterocycles. The van der Waals surface area contributed by atoms with Gasteiger partial charge in [0.15, 0.2) is 0 Å². The average molecular weight is 409 g/mol. The molecule has 0 radical (unpaired) electrons. The third kappa shape index (κ3) is 4.67. The maximum atomic E-state index is 5.79. The minimum Gasteiger partial charge on any atom is -0.492 e. The van der Waals surface area contributed by atoms with Crippen molar-refractivity contribution >= 4 is 33.5 Å². The molecule has 4 aromatic rings. The Labute approximate surface area is 182 Å². The fourth-order valence-corrected chi connectivity index (χ4v) is 3.32. The number of rotatable bonds is 6. The first-order valence-electron chi connectivity index (χ1n) is 10.3. The summed E-state index contributed by atoms with van der Waals surface area (Å²) < 4.78 is 5.79. The molecule has 5 heteroatoms. The monoisotopic (exact) mass is 408 g/mol. The maximum absolute atomic E-state index is 5.79. The molecule has 5 nitrogen and oxygen atoms in total. The van der Waals surface area contributed by atoms with Crippen molar-refractivity contribution < 1.29 is 4.74 Å². The van der Waals surface area contributed by atoms with E-state index < -0.39 is 0 Å². The van der Waals surface area contributed by atoms with E-state index in [1.807, 2.05) is 93.6 Å². The summed E-state index contributed by atoms with van der Waals surface area (Å²) in [5, 5.41) is 19.9. The molecule has 0 spiro atoms. The zero-order valence-electron chi connectivity index (χ0n) is 17.9. The summed E-state index contributed by atoms with van der Waals surface area (Å²) in [6.07, 6.45) is 0. The molecule has 31 heavy (non-hydrogen) atoms. The quantitative estimate of drug-likeness (QED) is 0.294. The van der Waals surface area contributed by atoms with Crippen LogP contribution in [0.15, 0.2) is 99.3 Å². The summed E-state index contributed by atoms with van der Waals surface area (Å²) in [6.45, 7) is 6.55. The normalized spacial score (nSPS) is 11.6. The Kier molecular flexibility index (Phi) is 6.13. The van der Waals surface area contributed by atoms with Crippen molar-refractivity contribution in [2.24, 2.45) is 20.5 Å². The maximum Gasteiger partial charge on any atom is 0.147 e. The molecule has 0 aromatic heterocycles. The molecule has 154 valence electrons. The van der Waals surface area contributed by atoms with E-state index in [4.69, 9.17) is 4.74 Å². The van der Waals surface area contributed by atoms with Gasteiger partial charge in [-0.2, -0.15) is 15.3 Å². The summed E-state index contributed by atoms with van der Waals surface area (Å²) in [4.78, 5) is 0. The second-order valence-corrected chi connectivity index (χ2v) is 7.22. The minimum atomic E-state index is 0.570. The van der Waals surface area contributed by atoms with Crippen molar-refractivity contribution in [3.8, 4) is 5.75 Å². The van der Waals surface area contributed by atoms with Crippen molar-refractivity contribution in [1.29, 1.82) is 0 Å². The number of fused-ring (bicyclic) bond motifs is 1. The summed E-state index contributed by atoms with van der Waals surface area (Å²) in [7, 11) is 0. The molecule has 0 saturated carbocycles. The molecule has 0 bridgehead atoms. The molecule has 0 aliphatic heterocycles. The summed E-state index contributed by atoms with van der Waals surface area (Å²) >= 11 is 0. The highest BCUT2D eigenvalue weighted by atomic mass is 16.5. The third-order valence-electron chi connectivity index (χ3n) is 4.99. The van der Waals surface area contributed by atoms with Crippen LogP contribution in [-0.4, -0.2) is 6.61 Å². The van der Waals surface area contributed by atoms with Crippen molar-refractivity contribution in [3.05, 3.63) is 90.0 Å². The van der Waals surface area contributed by atoms with Crippen LogP contribution in [0.25, 0.3) is 10.8 Å².